The number of amides is 1. The molecule has 3 aromatic rings. The summed E-state index contributed by atoms with van der Waals surface area (Å²) in [4.78, 5) is 15.4. The number of anilines is 1. The topological polar surface area (TPSA) is 54.1 Å². The van der Waals surface area contributed by atoms with E-state index in [1.807, 2.05) is 25.1 Å². The number of rotatable bonds is 3. The number of carbonyl (C=O) groups excluding carboxylic acids is 1. The standard InChI is InChI=1S/C17H15FN2O2/c1-10-7-11-8-12(3-6-16(11)19-10)20-17(21)14-5-4-13(22-2)9-15(14)18/h3-9,19H,1-2H3,(H,20,21). The van der Waals surface area contributed by atoms with Crippen molar-refractivity contribution in [1.29, 1.82) is 0 Å². The van der Waals surface area contributed by atoms with E-state index in [1.54, 1.807) is 12.1 Å². The lowest BCUT2D eigenvalue weighted by Gasteiger charge is -2.07. The SMILES string of the molecule is COc1ccc(C(=O)Nc2ccc3[nH]c(C)cc3c2)c(F)c1. The van der Waals surface area contributed by atoms with Crippen molar-refractivity contribution in [3.05, 3.63) is 59.5 Å². The number of fused-ring (bicyclic) bond motifs is 1. The van der Waals surface area contributed by atoms with Gasteiger partial charge in [-0.2, -0.15) is 0 Å². The van der Waals surface area contributed by atoms with Crippen molar-refractivity contribution in [2.75, 3.05) is 12.4 Å². The summed E-state index contributed by atoms with van der Waals surface area (Å²) in [5.74, 6) is -0.736. The number of methoxy groups -OCH3 is 1. The van der Waals surface area contributed by atoms with Crippen LogP contribution in [0.4, 0.5) is 10.1 Å². The summed E-state index contributed by atoms with van der Waals surface area (Å²) < 4.78 is 18.8. The maximum Gasteiger partial charge on any atom is 0.258 e. The molecule has 22 heavy (non-hydrogen) atoms. The van der Waals surface area contributed by atoms with E-state index in [4.69, 9.17) is 4.74 Å². The summed E-state index contributed by atoms with van der Waals surface area (Å²) in [6, 6.07) is 11.6. The second kappa shape index (κ2) is 5.52. The zero-order chi connectivity index (χ0) is 15.7. The van der Waals surface area contributed by atoms with E-state index in [-0.39, 0.29) is 5.56 Å². The highest BCUT2D eigenvalue weighted by atomic mass is 19.1. The van der Waals surface area contributed by atoms with Crippen LogP contribution in [0, 0.1) is 12.7 Å². The second-order valence-electron chi connectivity index (χ2n) is 5.05. The Kier molecular flexibility index (Phi) is 3.55. The Labute approximate surface area is 126 Å². The van der Waals surface area contributed by atoms with Crippen LogP contribution in [0.2, 0.25) is 0 Å². The van der Waals surface area contributed by atoms with E-state index in [0.717, 1.165) is 16.6 Å². The van der Waals surface area contributed by atoms with Gasteiger partial charge >= 0.3 is 0 Å². The Morgan fingerprint density at radius 2 is 2.00 bits per heavy atom. The summed E-state index contributed by atoms with van der Waals surface area (Å²) in [5.41, 5.74) is 2.63. The molecule has 1 heterocycles. The third-order valence-corrected chi connectivity index (χ3v) is 3.43. The van der Waals surface area contributed by atoms with Crippen LogP contribution in [0.15, 0.2) is 42.5 Å². The molecule has 0 radical (unpaired) electrons. The summed E-state index contributed by atoms with van der Waals surface area (Å²) in [6.07, 6.45) is 0. The average molecular weight is 298 g/mol. The van der Waals surface area contributed by atoms with Gasteiger partial charge in [0.05, 0.1) is 12.7 Å². The molecule has 0 atom stereocenters. The molecule has 0 saturated heterocycles. The van der Waals surface area contributed by atoms with E-state index in [2.05, 4.69) is 10.3 Å². The largest absolute Gasteiger partial charge is 0.497 e. The predicted octanol–water partition coefficient (Wildman–Crippen LogP) is 3.88. The minimum absolute atomic E-state index is 0.0221. The van der Waals surface area contributed by atoms with Gasteiger partial charge in [0.25, 0.3) is 5.91 Å². The maximum absolute atomic E-state index is 13.9. The van der Waals surface area contributed by atoms with Gasteiger partial charge in [-0.3, -0.25) is 4.79 Å². The molecule has 0 aliphatic heterocycles. The highest BCUT2D eigenvalue weighted by molar-refractivity contribution is 6.05. The second-order valence-corrected chi connectivity index (χ2v) is 5.05. The monoisotopic (exact) mass is 298 g/mol. The van der Waals surface area contributed by atoms with Crippen molar-refractivity contribution in [2.24, 2.45) is 0 Å². The van der Waals surface area contributed by atoms with Crippen LogP contribution in [0.25, 0.3) is 10.9 Å². The highest BCUT2D eigenvalue weighted by Crippen LogP contribution is 2.21. The fraction of sp³-hybridized carbons (Fsp3) is 0.118. The Bertz CT molecular complexity index is 855. The zero-order valence-electron chi connectivity index (χ0n) is 12.2. The number of benzene rings is 2. The number of hydrogen-bond donors (Lipinski definition) is 2. The van der Waals surface area contributed by atoms with Crippen LogP contribution in [0.1, 0.15) is 16.1 Å². The molecule has 3 rings (SSSR count). The third kappa shape index (κ3) is 2.65. The zero-order valence-corrected chi connectivity index (χ0v) is 12.2. The molecule has 0 saturated carbocycles. The first kappa shape index (κ1) is 14.1. The van der Waals surface area contributed by atoms with Gasteiger partial charge in [0.1, 0.15) is 11.6 Å². The van der Waals surface area contributed by atoms with Crippen LogP contribution >= 0.6 is 0 Å². The summed E-state index contributed by atoms with van der Waals surface area (Å²) in [5, 5.41) is 3.70. The van der Waals surface area contributed by atoms with Crippen molar-refractivity contribution in [3.63, 3.8) is 0 Å². The summed E-state index contributed by atoms with van der Waals surface area (Å²) in [6.45, 7) is 1.96. The van der Waals surface area contributed by atoms with Gasteiger partial charge in [0, 0.05) is 28.4 Å². The van der Waals surface area contributed by atoms with Crippen LogP contribution in [0.3, 0.4) is 0 Å². The average Bonchev–Trinajstić information content (AvgIpc) is 2.86. The third-order valence-electron chi connectivity index (χ3n) is 3.43. The lowest BCUT2D eigenvalue weighted by Crippen LogP contribution is -2.13. The van der Waals surface area contributed by atoms with Crippen LogP contribution in [-0.2, 0) is 0 Å². The van der Waals surface area contributed by atoms with Gasteiger partial charge in [-0.25, -0.2) is 4.39 Å². The Balaban J connectivity index is 1.86. The number of hydrogen-bond acceptors (Lipinski definition) is 2. The first-order valence-corrected chi connectivity index (χ1v) is 6.81. The molecule has 1 aromatic heterocycles. The van der Waals surface area contributed by atoms with Gasteiger partial charge in [-0.05, 0) is 43.3 Å². The van der Waals surface area contributed by atoms with E-state index in [1.165, 1.54) is 19.2 Å². The lowest BCUT2D eigenvalue weighted by atomic mass is 10.1. The van der Waals surface area contributed by atoms with Gasteiger partial charge in [0.15, 0.2) is 0 Å². The normalized spacial score (nSPS) is 10.7. The van der Waals surface area contributed by atoms with Crippen LogP contribution < -0.4 is 10.1 Å². The number of H-pyrrole nitrogens is 1. The van der Waals surface area contributed by atoms with Crippen molar-refractivity contribution >= 4 is 22.5 Å². The highest BCUT2D eigenvalue weighted by Gasteiger charge is 2.13. The quantitative estimate of drug-likeness (QED) is 0.771. The molecular weight excluding hydrogens is 283 g/mol. The molecule has 0 fully saturated rings. The molecule has 0 spiro atoms. The van der Waals surface area contributed by atoms with E-state index in [9.17, 15) is 9.18 Å². The fourth-order valence-corrected chi connectivity index (χ4v) is 2.36. The molecule has 5 heteroatoms. The molecule has 2 aromatic carbocycles. The van der Waals surface area contributed by atoms with Crippen molar-refractivity contribution < 1.29 is 13.9 Å². The maximum atomic E-state index is 13.9. The Morgan fingerprint density at radius 3 is 2.73 bits per heavy atom. The predicted molar refractivity (Wildman–Crippen MR) is 83.9 cm³/mol. The van der Waals surface area contributed by atoms with Crippen molar-refractivity contribution in [1.82, 2.24) is 4.98 Å². The first-order chi connectivity index (χ1) is 10.6. The molecule has 1 amide bonds. The number of aromatic nitrogens is 1. The first-order valence-electron chi connectivity index (χ1n) is 6.81. The number of nitrogens with one attached hydrogen (secondary N) is 2. The molecule has 0 aliphatic carbocycles. The fourth-order valence-electron chi connectivity index (χ4n) is 2.36. The summed E-state index contributed by atoms with van der Waals surface area (Å²) >= 11 is 0. The molecule has 0 unspecified atom stereocenters. The number of ether oxygens (including phenoxy) is 1. The van der Waals surface area contributed by atoms with Gasteiger partial charge in [-0.15, -0.1) is 0 Å². The Hall–Kier alpha value is -2.82. The number of aryl methyl sites for hydroxylation is 1. The number of aromatic amines is 1. The van der Waals surface area contributed by atoms with Gasteiger partial charge in [0.2, 0.25) is 0 Å². The van der Waals surface area contributed by atoms with Crippen molar-refractivity contribution in [3.8, 4) is 5.75 Å². The van der Waals surface area contributed by atoms with Crippen LogP contribution in [0.5, 0.6) is 5.75 Å². The van der Waals surface area contributed by atoms with Gasteiger partial charge in [-0.1, -0.05) is 0 Å². The van der Waals surface area contributed by atoms with Crippen LogP contribution in [-0.4, -0.2) is 18.0 Å². The smallest absolute Gasteiger partial charge is 0.258 e. The van der Waals surface area contributed by atoms with Crippen molar-refractivity contribution in [2.45, 2.75) is 6.92 Å². The molecule has 4 nitrogen and oxygen atoms in total. The molecular formula is C17H15FN2O2. The minimum Gasteiger partial charge on any atom is -0.497 e. The Morgan fingerprint density at radius 1 is 1.18 bits per heavy atom. The van der Waals surface area contributed by atoms with Gasteiger partial charge < -0.3 is 15.0 Å². The number of halogens is 1. The molecule has 0 aliphatic rings. The molecule has 2 N–H and O–H groups in total. The summed E-state index contributed by atoms with van der Waals surface area (Å²) in [7, 11) is 1.45. The minimum atomic E-state index is -0.615. The molecule has 0 bridgehead atoms. The molecule has 112 valence electrons. The van der Waals surface area contributed by atoms with E-state index < -0.39 is 11.7 Å². The lowest BCUT2D eigenvalue weighted by molar-refractivity contribution is 0.102. The van der Waals surface area contributed by atoms with E-state index >= 15 is 0 Å². The number of carbonyl (C=O) groups is 1. The van der Waals surface area contributed by atoms with E-state index in [0.29, 0.717) is 11.4 Å².